The number of carboxylic acid groups (broad SMARTS) is 4. The number of hydrogen-bond acceptors (Lipinski definition) is 9. The van der Waals surface area contributed by atoms with E-state index in [1.807, 2.05) is 4.57 Å². The van der Waals surface area contributed by atoms with Crippen molar-refractivity contribution < 1.29 is 54.2 Å². The van der Waals surface area contributed by atoms with E-state index in [1.165, 1.54) is 0 Å². The number of ether oxygens (including phenoxy) is 1. The Morgan fingerprint density at radius 1 is 1.05 bits per heavy atom. The first-order chi connectivity index (χ1) is 18.3. The Labute approximate surface area is 225 Å². The molecular weight excluding hydrogens is 518 g/mol. The van der Waals surface area contributed by atoms with E-state index in [-0.39, 0.29) is 5.97 Å². The highest BCUT2D eigenvalue weighted by Crippen LogP contribution is 2.42. The van der Waals surface area contributed by atoms with Crippen molar-refractivity contribution in [2.24, 2.45) is 17.8 Å². The van der Waals surface area contributed by atoms with Crippen LogP contribution in [0, 0.1) is 17.8 Å². The van der Waals surface area contributed by atoms with Gasteiger partial charge in [-0.2, -0.15) is 0 Å². The summed E-state index contributed by atoms with van der Waals surface area (Å²) in [7, 11) is 0. The molecule has 2 aliphatic rings. The molecule has 0 bridgehead atoms. The van der Waals surface area contributed by atoms with Crippen molar-refractivity contribution in [2.45, 2.75) is 83.0 Å². The lowest BCUT2D eigenvalue weighted by Crippen LogP contribution is -2.55. The minimum Gasteiger partial charge on any atom is -0.481 e. The highest BCUT2D eigenvalue weighted by atomic mass is 16.5. The molecule has 0 aromatic carbocycles. The first-order valence-electron chi connectivity index (χ1n) is 12.9. The van der Waals surface area contributed by atoms with Gasteiger partial charge in [0.2, 0.25) is 0 Å². The van der Waals surface area contributed by atoms with Crippen molar-refractivity contribution in [2.75, 3.05) is 6.61 Å². The summed E-state index contributed by atoms with van der Waals surface area (Å²) in [5.74, 6) is -4.62. The standard InChI is InChI=1S/C19H29N3O4.C6H8O7/c1-3-15-14-6-5-12(7-13(14)8-16(21-15)18(23)24)9-22-10-17(20-11-22)19(25)26-4-2;7-3(8)1-6(13,5(11)12)2-4(9)10/h10-16,21H,3-9H2,1-2H3,(H,23,24);13H,1-2H2,(H,7,8)(H,9,10)(H,11,12)/t12-,13+,14+,15?,16-;/m0./s1. The molecule has 1 aliphatic heterocycles. The van der Waals surface area contributed by atoms with Crippen LogP contribution >= 0.6 is 0 Å². The molecule has 0 spiro atoms. The molecule has 5 atom stereocenters. The summed E-state index contributed by atoms with van der Waals surface area (Å²) in [5.41, 5.74) is -2.39. The summed E-state index contributed by atoms with van der Waals surface area (Å²) in [6.07, 6.45) is 6.14. The lowest BCUT2D eigenvalue weighted by Gasteiger charge is -2.46. The van der Waals surface area contributed by atoms with Gasteiger partial charge in [0, 0.05) is 18.8 Å². The summed E-state index contributed by atoms with van der Waals surface area (Å²) in [4.78, 5) is 57.8. The zero-order valence-corrected chi connectivity index (χ0v) is 22.0. The quantitative estimate of drug-likeness (QED) is 0.210. The highest BCUT2D eigenvalue weighted by molar-refractivity contribution is 5.88. The fraction of sp³-hybridized carbons (Fsp3) is 0.680. The van der Waals surface area contributed by atoms with E-state index >= 15 is 0 Å². The Balaban J connectivity index is 0.000000349. The average Bonchev–Trinajstić information content (AvgIpc) is 3.31. The number of fused-ring (bicyclic) bond motifs is 1. The molecule has 6 N–H and O–H groups in total. The van der Waals surface area contributed by atoms with Gasteiger partial charge in [0.25, 0.3) is 0 Å². The van der Waals surface area contributed by atoms with Gasteiger partial charge < -0.3 is 40.2 Å². The minimum absolute atomic E-state index is 0.305. The molecule has 1 unspecified atom stereocenters. The van der Waals surface area contributed by atoms with Crippen molar-refractivity contribution in [3.05, 3.63) is 18.2 Å². The number of piperidine rings is 1. The number of aliphatic hydroxyl groups is 1. The van der Waals surface area contributed by atoms with Crippen molar-refractivity contribution in [3.63, 3.8) is 0 Å². The fourth-order valence-electron chi connectivity index (χ4n) is 5.48. The summed E-state index contributed by atoms with van der Waals surface area (Å²) in [6, 6.07) is -0.122. The number of carbonyl (C=O) groups is 5. The third-order valence-electron chi connectivity index (χ3n) is 7.23. The molecule has 14 nitrogen and oxygen atoms in total. The van der Waals surface area contributed by atoms with E-state index in [4.69, 9.17) is 25.2 Å². The summed E-state index contributed by atoms with van der Waals surface area (Å²) >= 11 is 0. The van der Waals surface area contributed by atoms with Crippen LogP contribution in [0.1, 0.15) is 69.3 Å². The molecule has 218 valence electrons. The fourth-order valence-corrected chi connectivity index (χ4v) is 5.48. The predicted molar refractivity (Wildman–Crippen MR) is 133 cm³/mol. The van der Waals surface area contributed by atoms with Crippen LogP contribution in [0.3, 0.4) is 0 Å². The van der Waals surface area contributed by atoms with Gasteiger partial charge in [-0.3, -0.25) is 14.4 Å². The molecule has 14 heteroatoms. The van der Waals surface area contributed by atoms with Gasteiger partial charge in [0.15, 0.2) is 11.3 Å². The second kappa shape index (κ2) is 14.0. The van der Waals surface area contributed by atoms with E-state index in [9.17, 15) is 29.1 Å². The van der Waals surface area contributed by atoms with Crippen LogP contribution in [0.4, 0.5) is 0 Å². The van der Waals surface area contributed by atoms with Gasteiger partial charge in [0.1, 0.15) is 6.04 Å². The van der Waals surface area contributed by atoms with E-state index < -0.39 is 48.4 Å². The topological polar surface area (TPSA) is 226 Å². The van der Waals surface area contributed by atoms with E-state index in [1.54, 1.807) is 19.4 Å². The maximum Gasteiger partial charge on any atom is 0.358 e. The largest absolute Gasteiger partial charge is 0.481 e. The summed E-state index contributed by atoms with van der Waals surface area (Å²) in [5, 5.41) is 46.6. The van der Waals surface area contributed by atoms with Crippen LogP contribution in [0.15, 0.2) is 12.5 Å². The lowest BCUT2D eigenvalue weighted by atomic mass is 9.66. The Kier molecular flexibility index (Phi) is 11.4. The van der Waals surface area contributed by atoms with Crippen LogP contribution in [0.5, 0.6) is 0 Å². The number of carboxylic acids is 4. The predicted octanol–water partition coefficient (Wildman–Crippen LogP) is 1.07. The van der Waals surface area contributed by atoms with Crippen LogP contribution in [0.2, 0.25) is 0 Å². The summed E-state index contributed by atoms with van der Waals surface area (Å²) in [6.45, 7) is 5.07. The van der Waals surface area contributed by atoms with Crippen LogP contribution < -0.4 is 5.32 Å². The lowest BCUT2D eigenvalue weighted by molar-refractivity contribution is -0.170. The SMILES string of the molecule is CCOC(=O)c1cn(C[C@H]2CC[C@H]3C(CC)N[C@H](C(=O)O)C[C@H]3C2)cn1.O=C(O)CC(O)(CC(=O)O)C(=O)O. The monoisotopic (exact) mass is 555 g/mol. The van der Waals surface area contributed by atoms with Crippen molar-refractivity contribution >= 4 is 29.8 Å². The number of hydrogen-bond donors (Lipinski definition) is 6. The summed E-state index contributed by atoms with van der Waals surface area (Å²) < 4.78 is 6.95. The van der Waals surface area contributed by atoms with Gasteiger partial charge in [-0.15, -0.1) is 0 Å². The number of nitrogens with one attached hydrogen (secondary N) is 1. The zero-order valence-electron chi connectivity index (χ0n) is 22.0. The third-order valence-corrected chi connectivity index (χ3v) is 7.23. The number of carbonyl (C=O) groups excluding carboxylic acids is 1. The van der Waals surface area contributed by atoms with Gasteiger partial charge >= 0.3 is 29.8 Å². The van der Waals surface area contributed by atoms with E-state index in [0.29, 0.717) is 42.5 Å². The molecule has 1 aromatic heterocycles. The van der Waals surface area contributed by atoms with Gasteiger partial charge in [0.05, 0.1) is 25.8 Å². The number of esters is 1. The zero-order chi connectivity index (χ0) is 29.3. The molecule has 1 saturated heterocycles. The van der Waals surface area contributed by atoms with E-state index in [2.05, 4.69) is 17.2 Å². The molecule has 0 amide bonds. The molecule has 0 radical (unpaired) electrons. The molecule has 2 heterocycles. The maximum absolute atomic E-state index is 11.7. The van der Waals surface area contributed by atoms with Crippen LogP contribution in [-0.2, 0) is 30.5 Å². The highest BCUT2D eigenvalue weighted by Gasteiger charge is 2.42. The van der Waals surface area contributed by atoms with Gasteiger partial charge in [-0.1, -0.05) is 6.92 Å². The Morgan fingerprint density at radius 3 is 2.21 bits per heavy atom. The average molecular weight is 556 g/mol. The Morgan fingerprint density at radius 2 is 1.69 bits per heavy atom. The number of aliphatic carboxylic acids is 4. The van der Waals surface area contributed by atoms with Crippen molar-refractivity contribution in [1.82, 2.24) is 14.9 Å². The molecular formula is C25H37N3O11. The molecule has 39 heavy (non-hydrogen) atoms. The molecule has 1 aliphatic carbocycles. The number of nitrogens with zero attached hydrogens (tertiary/aromatic N) is 2. The maximum atomic E-state index is 11.7. The normalized spacial score (nSPS) is 24.4. The first-order valence-corrected chi connectivity index (χ1v) is 12.9. The number of rotatable bonds is 11. The smallest absolute Gasteiger partial charge is 0.358 e. The second-order valence-electron chi connectivity index (χ2n) is 10.1. The van der Waals surface area contributed by atoms with Crippen LogP contribution in [-0.4, -0.2) is 89.2 Å². The molecule has 1 saturated carbocycles. The van der Waals surface area contributed by atoms with Crippen molar-refractivity contribution in [1.29, 1.82) is 0 Å². The molecule has 1 aromatic rings. The Hall–Kier alpha value is -3.52. The number of aromatic nitrogens is 2. The van der Waals surface area contributed by atoms with Crippen LogP contribution in [0.25, 0.3) is 0 Å². The van der Waals surface area contributed by atoms with Gasteiger partial charge in [-0.05, 0) is 56.8 Å². The molecule has 3 rings (SSSR count). The second-order valence-corrected chi connectivity index (χ2v) is 10.1. The van der Waals surface area contributed by atoms with E-state index in [0.717, 1.165) is 32.2 Å². The molecule has 2 fully saturated rings. The Bertz CT molecular complexity index is 1020. The van der Waals surface area contributed by atoms with Gasteiger partial charge in [-0.25, -0.2) is 14.6 Å². The third kappa shape index (κ3) is 9.03. The first kappa shape index (κ1) is 31.7. The minimum atomic E-state index is -2.74. The number of imidazole rings is 1. The van der Waals surface area contributed by atoms with Crippen molar-refractivity contribution in [3.8, 4) is 0 Å².